The average Bonchev–Trinajstić information content (AvgIpc) is 3.32. The number of amides is 2. The number of aliphatic carboxylic acids is 1. The van der Waals surface area contributed by atoms with E-state index in [4.69, 9.17) is 9.84 Å². The van der Waals surface area contributed by atoms with Crippen molar-refractivity contribution >= 4 is 23.8 Å². The number of carbonyl (C=O) groups is 3. The Bertz CT molecular complexity index is 1210. The number of hydrogen-bond acceptors (Lipinski definition) is 6. The zero-order valence-corrected chi connectivity index (χ0v) is 18.6. The van der Waals surface area contributed by atoms with Crippen molar-refractivity contribution in [2.24, 2.45) is 7.05 Å². The summed E-state index contributed by atoms with van der Waals surface area (Å²) in [5.41, 5.74) is 4.40. The molecule has 2 atom stereocenters. The summed E-state index contributed by atoms with van der Waals surface area (Å²) in [6, 6.07) is 15.8. The third-order valence-corrected chi connectivity index (χ3v) is 5.72. The Labute approximate surface area is 195 Å². The highest BCUT2D eigenvalue weighted by Gasteiger charge is 2.30. The smallest absolute Gasteiger partial charge is 0.412 e. The number of nitrogens with one attached hydrogen (secondary N) is 2. The van der Waals surface area contributed by atoms with Gasteiger partial charge in [0, 0.05) is 19.0 Å². The number of aryl methyl sites for hydroxylation is 1. The van der Waals surface area contributed by atoms with Crippen molar-refractivity contribution in [1.82, 2.24) is 15.1 Å². The third kappa shape index (κ3) is 4.48. The van der Waals surface area contributed by atoms with E-state index in [1.54, 1.807) is 0 Å². The lowest BCUT2D eigenvalue weighted by Crippen LogP contribution is -2.48. The van der Waals surface area contributed by atoms with Crippen molar-refractivity contribution in [2.45, 2.75) is 25.0 Å². The van der Waals surface area contributed by atoms with E-state index >= 15 is 0 Å². The molecule has 2 amide bonds. The maximum atomic E-state index is 12.4. The summed E-state index contributed by atoms with van der Waals surface area (Å²) < 4.78 is 6.66. The number of aromatic nitrogens is 2. The molecule has 0 aliphatic heterocycles. The molecular weight excluding hydrogens is 440 g/mol. The molecule has 1 aliphatic carbocycles. The van der Waals surface area contributed by atoms with E-state index in [9.17, 15) is 19.5 Å². The molecule has 2 aromatic carbocycles. The highest BCUT2D eigenvalue weighted by Crippen LogP contribution is 2.44. The first-order chi connectivity index (χ1) is 16.3. The van der Waals surface area contributed by atoms with Crippen LogP contribution in [0.4, 0.5) is 10.6 Å². The van der Waals surface area contributed by atoms with Crippen molar-refractivity contribution < 1.29 is 29.3 Å². The summed E-state index contributed by atoms with van der Waals surface area (Å²) >= 11 is 0. The highest BCUT2D eigenvalue weighted by atomic mass is 16.5. The van der Waals surface area contributed by atoms with Crippen LogP contribution in [0.5, 0.6) is 0 Å². The molecule has 34 heavy (non-hydrogen) atoms. The molecule has 10 nitrogen and oxygen atoms in total. The maximum Gasteiger partial charge on any atom is 0.412 e. The van der Waals surface area contributed by atoms with Crippen LogP contribution in [-0.4, -0.2) is 56.7 Å². The fraction of sp³-hybridized carbons (Fsp3) is 0.250. The van der Waals surface area contributed by atoms with Crippen LogP contribution in [0, 0.1) is 0 Å². The SMILES string of the molecule is C[C@@H](O)[C@H](NC(=O)c1cc(NC(=O)OCC2c3ccccc3-c3ccccc32)nn1C)C(=O)O. The van der Waals surface area contributed by atoms with Gasteiger partial charge in [-0.2, -0.15) is 5.10 Å². The zero-order chi connectivity index (χ0) is 24.4. The summed E-state index contributed by atoms with van der Waals surface area (Å²) in [5.74, 6) is -2.17. The predicted molar refractivity (Wildman–Crippen MR) is 122 cm³/mol. The lowest BCUT2D eigenvalue weighted by molar-refractivity contribution is -0.141. The van der Waals surface area contributed by atoms with Gasteiger partial charge in [0.2, 0.25) is 0 Å². The Morgan fingerprint density at radius 1 is 1.09 bits per heavy atom. The Morgan fingerprint density at radius 3 is 2.24 bits per heavy atom. The van der Waals surface area contributed by atoms with Gasteiger partial charge in [0.15, 0.2) is 11.9 Å². The minimum atomic E-state index is -1.49. The summed E-state index contributed by atoms with van der Waals surface area (Å²) in [4.78, 5) is 36.1. The number of carboxylic acids is 1. The van der Waals surface area contributed by atoms with E-state index in [0.29, 0.717) is 0 Å². The van der Waals surface area contributed by atoms with Gasteiger partial charge < -0.3 is 20.3 Å². The monoisotopic (exact) mass is 464 g/mol. The van der Waals surface area contributed by atoms with Crippen molar-refractivity contribution in [3.63, 3.8) is 0 Å². The number of nitrogens with zero attached hydrogens (tertiary/aromatic N) is 2. The Balaban J connectivity index is 1.41. The van der Waals surface area contributed by atoms with E-state index in [0.717, 1.165) is 22.3 Å². The maximum absolute atomic E-state index is 12.4. The van der Waals surface area contributed by atoms with Gasteiger partial charge in [0.05, 0.1) is 6.10 Å². The Hall–Kier alpha value is -4.18. The molecule has 1 aromatic heterocycles. The molecule has 4 rings (SSSR count). The van der Waals surface area contributed by atoms with Gasteiger partial charge in [-0.3, -0.25) is 14.8 Å². The molecule has 10 heteroatoms. The second-order valence-corrected chi connectivity index (χ2v) is 8.02. The van der Waals surface area contributed by atoms with Gasteiger partial charge in [-0.25, -0.2) is 9.59 Å². The van der Waals surface area contributed by atoms with Crippen LogP contribution in [0.1, 0.15) is 34.5 Å². The molecule has 1 heterocycles. The van der Waals surface area contributed by atoms with Crippen LogP contribution in [0.15, 0.2) is 54.6 Å². The first-order valence-corrected chi connectivity index (χ1v) is 10.6. The van der Waals surface area contributed by atoms with Crippen LogP contribution in [0.25, 0.3) is 11.1 Å². The molecule has 176 valence electrons. The Kier molecular flexibility index (Phi) is 6.33. The van der Waals surface area contributed by atoms with Crippen LogP contribution < -0.4 is 10.6 Å². The normalized spacial score (nSPS) is 14.0. The minimum absolute atomic E-state index is 0.000785. The first kappa shape index (κ1) is 23.0. The molecule has 0 saturated carbocycles. The van der Waals surface area contributed by atoms with E-state index in [2.05, 4.69) is 15.7 Å². The molecule has 0 spiro atoms. The van der Waals surface area contributed by atoms with Gasteiger partial charge in [-0.15, -0.1) is 0 Å². The van der Waals surface area contributed by atoms with Crippen LogP contribution in [0.3, 0.4) is 0 Å². The molecule has 0 unspecified atom stereocenters. The lowest BCUT2D eigenvalue weighted by atomic mass is 9.98. The lowest BCUT2D eigenvalue weighted by Gasteiger charge is -2.16. The average molecular weight is 464 g/mol. The quantitative estimate of drug-likeness (QED) is 0.420. The van der Waals surface area contributed by atoms with E-state index in [-0.39, 0.29) is 24.0 Å². The van der Waals surface area contributed by atoms with E-state index in [1.165, 1.54) is 24.7 Å². The fourth-order valence-electron chi connectivity index (χ4n) is 4.08. The number of carboxylic acid groups (broad SMARTS) is 1. The number of ether oxygens (including phenoxy) is 1. The molecule has 0 radical (unpaired) electrons. The summed E-state index contributed by atoms with van der Waals surface area (Å²) in [7, 11) is 1.47. The number of fused-ring (bicyclic) bond motifs is 3. The molecule has 0 bridgehead atoms. The van der Waals surface area contributed by atoms with Crippen molar-refractivity contribution in [1.29, 1.82) is 0 Å². The van der Waals surface area contributed by atoms with E-state index < -0.39 is 30.1 Å². The topological polar surface area (TPSA) is 143 Å². The largest absolute Gasteiger partial charge is 0.480 e. The molecule has 0 saturated heterocycles. The highest BCUT2D eigenvalue weighted by molar-refractivity contribution is 5.96. The summed E-state index contributed by atoms with van der Waals surface area (Å²) in [5, 5.41) is 27.5. The van der Waals surface area contributed by atoms with E-state index in [1.807, 2.05) is 48.5 Å². The molecule has 0 fully saturated rings. The van der Waals surface area contributed by atoms with Gasteiger partial charge in [0.1, 0.15) is 12.3 Å². The molecule has 1 aliphatic rings. The molecule has 4 N–H and O–H groups in total. The van der Waals surface area contributed by atoms with Crippen LogP contribution in [0.2, 0.25) is 0 Å². The zero-order valence-electron chi connectivity index (χ0n) is 18.6. The van der Waals surface area contributed by atoms with Gasteiger partial charge in [0.25, 0.3) is 5.91 Å². The number of anilines is 1. The first-order valence-electron chi connectivity index (χ1n) is 10.6. The number of benzene rings is 2. The number of aliphatic hydroxyl groups is 1. The van der Waals surface area contributed by atoms with Gasteiger partial charge >= 0.3 is 12.1 Å². The number of rotatable bonds is 7. The number of carbonyl (C=O) groups excluding carboxylic acids is 2. The standard InChI is InChI=1S/C24H24N4O6/c1-13(29)21(23(31)32)26-22(30)19-11-20(27-28(19)2)25-24(33)34-12-18-16-9-5-3-7-14(16)15-8-4-6-10-17(15)18/h3-11,13,18,21,29H,12H2,1-2H3,(H,26,30)(H,31,32)(H,25,27,33)/t13-,21+/m1/s1. The van der Waals surface area contributed by atoms with Crippen LogP contribution in [-0.2, 0) is 16.6 Å². The predicted octanol–water partition coefficient (Wildman–Crippen LogP) is 2.34. The van der Waals surface area contributed by atoms with Gasteiger partial charge in [-0.05, 0) is 29.2 Å². The minimum Gasteiger partial charge on any atom is -0.480 e. The Morgan fingerprint density at radius 2 is 1.68 bits per heavy atom. The number of hydrogen-bond donors (Lipinski definition) is 4. The summed E-state index contributed by atoms with van der Waals surface area (Å²) in [6.45, 7) is 1.38. The van der Waals surface area contributed by atoms with Crippen molar-refractivity contribution in [2.75, 3.05) is 11.9 Å². The second-order valence-electron chi connectivity index (χ2n) is 8.02. The number of aliphatic hydroxyl groups excluding tert-OH is 1. The van der Waals surface area contributed by atoms with Gasteiger partial charge in [-0.1, -0.05) is 48.5 Å². The van der Waals surface area contributed by atoms with Crippen molar-refractivity contribution in [3.8, 4) is 11.1 Å². The summed E-state index contributed by atoms with van der Waals surface area (Å²) in [6.07, 6.45) is -2.03. The molecule has 3 aromatic rings. The third-order valence-electron chi connectivity index (χ3n) is 5.72. The molecular formula is C24H24N4O6. The van der Waals surface area contributed by atoms with Crippen LogP contribution >= 0.6 is 0 Å². The fourth-order valence-corrected chi connectivity index (χ4v) is 4.08. The van der Waals surface area contributed by atoms with Crippen molar-refractivity contribution in [3.05, 3.63) is 71.4 Å². The second kappa shape index (κ2) is 9.36.